The van der Waals surface area contributed by atoms with E-state index < -0.39 is 0 Å². The largest absolute Gasteiger partial charge is 0.340 e. The van der Waals surface area contributed by atoms with Gasteiger partial charge in [-0.25, -0.2) is 4.98 Å². The van der Waals surface area contributed by atoms with Crippen LogP contribution in [0.1, 0.15) is 62.1 Å². The Hall–Kier alpha value is -2.45. The third-order valence-corrected chi connectivity index (χ3v) is 7.31. The van der Waals surface area contributed by atoms with E-state index in [-0.39, 0.29) is 0 Å². The molecule has 4 rings (SSSR count). The van der Waals surface area contributed by atoms with Crippen LogP contribution in [0.25, 0.3) is 16.7 Å². The van der Waals surface area contributed by atoms with E-state index in [2.05, 4.69) is 18.3 Å². The van der Waals surface area contributed by atoms with Crippen molar-refractivity contribution >= 4 is 63.0 Å². The molecule has 0 saturated carbocycles. The van der Waals surface area contributed by atoms with Crippen molar-refractivity contribution in [3.8, 4) is 6.07 Å². The highest BCUT2D eigenvalue weighted by Gasteiger charge is 2.21. The first-order valence-corrected chi connectivity index (χ1v) is 12.8. The molecule has 2 heterocycles. The van der Waals surface area contributed by atoms with Gasteiger partial charge in [-0.1, -0.05) is 86.0 Å². The minimum absolute atomic E-state index is 0.402. The average molecular weight is 514 g/mol. The fourth-order valence-electron chi connectivity index (χ4n) is 4.45. The minimum Gasteiger partial charge on any atom is -0.340 e. The van der Waals surface area contributed by atoms with Gasteiger partial charge >= 0.3 is 0 Å². The van der Waals surface area contributed by atoms with E-state index in [4.69, 9.17) is 39.8 Å². The van der Waals surface area contributed by atoms with E-state index in [1.807, 2.05) is 35.6 Å². The molecule has 0 atom stereocenters. The van der Waals surface area contributed by atoms with Crippen LogP contribution >= 0.6 is 34.8 Å². The molecule has 0 aliphatic carbocycles. The summed E-state index contributed by atoms with van der Waals surface area (Å²) in [7, 11) is 0. The number of fused-ring (bicyclic) bond motifs is 3. The normalized spacial score (nSPS) is 11.3. The van der Waals surface area contributed by atoms with E-state index in [1.165, 1.54) is 25.7 Å². The molecule has 4 nitrogen and oxygen atoms in total. The topological polar surface area (TPSA) is 53.1 Å². The lowest BCUT2D eigenvalue weighted by Gasteiger charge is -2.20. The van der Waals surface area contributed by atoms with Crippen molar-refractivity contribution < 1.29 is 0 Å². The summed E-state index contributed by atoms with van der Waals surface area (Å²) in [6.45, 7) is 4.23. The second-order valence-electron chi connectivity index (χ2n) is 8.59. The van der Waals surface area contributed by atoms with Crippen molar-refractivity contribution in [2.24, 2.45) is 0 Å². The molecule has 4 aromatic rings. The summed E-state index contributed by atoms with van der Waals surface area (Å²) in [6, 6.07) is 13.7. The predicted molar refractivity (Wildman–Crippen MR) is 144 cm³/mol. The van der Waals surface area contributed by atoms with Crippen molar-refractivity contribution in [2.45, 2.75) is 58.8 Å². The third kappa shape index (κ3) is 4.84. The van der Waals surface area contributed by atoms with Crippen LogP contribution in [0.15, 0.2) is 36.4 Å². The van der Waals surface area contributed by atoms with Crippen LogP contribution in [0.5, 0.6) is 0 Å². The van der Waals surface area contributed by atoms with Crippen LogP contribution in [0, 0.1) is 18.3 Å². The monoisotopic (exact) mass is 512 g/mol. The quantitative estimate of drug-likeness (QED) is 0.179. The van der Waals surface area contributed by atoms with Crippen molar-refractivity contribution in [3.63, 3.8) is 0 Å². The smallest absolute Gasteiger partial charge is 0.157 e. The highest BCUT2D eigenvalue weighted by atomic mass is 35.5. The van der Waals surface area contributed by atoms with Gasteiger partial charge in [0.1, 0.15) is 11.9 Å². The Morgan fingerprint density at radius 1 is 0.971 bits per heavy atom. The van der Waals surface area contributed by atoms with Crippen molar-refractivity contribution in [2.75, 3.05) is 5.32 Å². The standard InChI is InChI=1S/C27H27Cl3N4/c1-3-4-5-6-7-8-11-18-17(2)19(16-31)27-32-23-12-9-10-13-25(23)34(27)26(18)33-24-15-21(29)20(28)14-22(24)30/h9-10,12-15,33H,3-8,11H2,1-2H3. The number of benzene rings is 2. The van der Waals surface area contributed by atoms with Gasteiger partial charge in [0, 0.05) is 0 Å². The summed E-state index contributed by atoms with van der Waals surface area (Å²) in [5, 5.41) is 14.9. The first-order valence-electron chi connectivity index (χ1n) is 11.7. The van der Waals surface area contributed by atoms with Gasteiger partial charge in [0.05, 0.1) is 37.4 Å². The number of nitrogens with zero attached hydrogens (tertiary/aromatic N) is 3. The number of nitrogens with one attached hydrogen (secondary N) is 1. The molecule has 2 aromatic heterocycles. The van der Waals surface area contributed by atoms with Gasteiger partial charge < -0.3 is 5.32 Å². The number of para-hydroxylation sites is 2. The zero-order chi connectivity index (χ0) is 24.2. The molecule has 0 spiro atoms. The molecule has 0 radical (unpaired) electrons. The molecule has 0 saturated heterocycles. The van der Waals surface area contributed by atoms with Crippen LogP contribution in [0.3, 0.4) is 0 Å². The lowest BCUT2D eigenvalue weighted by Crippen LogP contribution is -2.09. The Balaban J connectivity index is 1.88. The minimum atomic E-state index is 0.402. The average Bonchev–Trinajstić information content (AvgIpc) is 3.20. The summed E-state index contributed by atoms with van der Waals surface area (Å²) < 4.78 is 2.03. The number of pyridine rings is 1. The number of rotatable bonds is 9. The Labute approximate surface area is 215 Å². The van der Waals surface area contributed by atoms with E-state index in [0.717, 1.165) is 47.2 Å². The number of hydrogen-bond donors (Lipinski definition) is 1. The van der Waals surface area contributed by atoms with Crippen LogP contribution in [-0.4, -0.2) is 9.38 Å². The first kappa shape index (κ1) is 24.7. The molecule has 1 N–H and O–H groups in total. The van der Waals surface area contributed by atoms with Crippen LogP contribution in [0.2, 0.25) is 15.1 Å². The molecule has 2 aromatic carbocycles. The lowest BCUT2D eigenvalue weighted by molar-refractivity contribution is 0.607. The molecule has 0 fully saturated rings. The number of unbranched alkanes of at least 4 members (excludes halogenated alkanes) is 5. The molecule has 0 aliphatic heterocycles. The summed E-state index contributed by atoms with van der Waals surface area (Å²) in [6.07, 6.45) is 8.01. The highest BCUT2D eigenvalue weighted by Crippen LogP contribution is 2.38. The Morgan fingerprint density at radius 3 is 2.44 bits per heavy atom. The molecule has 176 valence electrons. The van der Waals surface area contributed by atoms with Crippen molar-refractivity contribution in [1.29, 1.82) is 5.26 Å². The summed E-state index contributed by atoms with van der Waals surface area (Å²) in [4.78, 5) is 4.79. The van der Waals surface area contributed by atoms with Gasteiger partial charge in [0.2, 0.25) is 0 Å². The molecule has 0 aliphatic rings. The lowest BCUT2D eigenvalue weighted by atomic mass is 9.98. The fraction of sp³-hybridized carbons (Fsp3) is 0.333. The maximum atomic E-state index is 10.0. The molecule has 34 heavy (non-hydrogen) atoms. The maximum Gasteiger partial charge on any atom is 0.157 e. The number of aromatic nitrogens is 2. The number of imidazole rings is 1. The van der Waals surface area contributed by atoms with Gasteiger partial charge in [-0.15, -0.1) is 0 Å². The Morgan fingerprint density at radius 2 is 1.68 bits per heavy atom. The van der Waals surface area contributed by atoms with Crippen molar-refractivity contribution in [1.82, 2.24) is 9.38 Å². The molecule has 0 bridgehead atoms. The number of nitriles is 1. The number of anilines is 2. The van der Waals surface area contributed by atoms with E-state index in [0.29, 0.717) is 32.0 Å². The third-order valence-electron chi connectivity index (χ3n) is 6.28. The van der Waals surface area contributed by atoms with Gasteiger partial charge in [-0.3, -0.25) is 4.40 Å². The van der Waals surface area contributed by atoms with Crippen LogP contribution in [0.4, 0.5) is 11.5 Å². The second kappa shape index (κ2) is 10.9. The predicted octanol–water partition coefficient (Wildman–Crippen LogP) is 9.27. The van der Waals surface area contributed by atoms with Gasteiger partial charge in [0.15, 0.2) is 5.65 Å². The maximum absolute atomic E-state index is 10.0. The fourth-order valence-corrected chi connectivity index (χ4v) is 5.04. The number of hydrogen-bond acceptors (Lipinski definition) is 3. The van der Waals surface area contributed by atoms with Crippen LogP contribution in [-0.2, 0) is 6.42 Å². The molecular weight excluding hydrogens is 487 g/mol. The van der Waals surface area contributed by atoms with Crippen molar-refractivity contribution in [3.05, 3.63) is 68.2 Å². The molecular formula is C27H27Cl3N4. The molecule has 0 amide bonds. The van der Waals surface area contributed by atoms with E-state index in [9.17, 15) is 5.26 Å². The van der Waals surface area contributed by atoms with E-state index >= 15 is 0 Å². The SMILES string of the molecule is CCCCCCCCc1c(C)c(C#N)c2nc3ccccc3n2c1Nc1cc(Cl)c(Cl)cc1Cl. The zero-order valence-corrected chi connectivity index (χ0v) is 21.7. The molecule has 7 heteroatoms. The number of halogens is 3. The van der Waals surface area contributed by atoms with E-state index in [1.54, 1.807) is 12.1 Å². The Kier molecular flexibility index (Phi) is 7.88. The summed E-state index contributed by atoms with van der Waals surface area (Å²) >= 11 is 19.0. The zero-order valence-electron chi connectivity index (χ0n) is 19.4. The van der Waals surface area contributed by atoms with Crippen LogP contribution < -0.4 is 5.32 Å². The second-order valence-corrected chi connectivity index (χ2v) is 9.81. The van der Waals surface area contributed by atoms with Gasteiger partial charge in [0.25, 0.3) is 0 Å². The van der Waals surface area contributed by atoms with Gasteiger partial charge in [-0.2, -0.15) is 5.26 Å². The first-order chi connectivity index (χ1) is 16.5. The highest BCUT2D eigenvalue weighted by molar-refractivity contribution is 6.44. The Bertz CT molecular complexity index is 1380. The summed E-state index contributed by atoms with van der Waals surface area (Å²) in [5.41, 5.74) is 5.68. The molecule has 0 unspecified atom stereocenters. The van der Waals surface area contributed by atoms with Gasteiger partial charge in [-0.05, 0) is 55.2 Å². The summed E-state index contributed by atoms with van der Waals surface area (Å²) in [5.74, 6) is 0.856.